The molecule has 0 amide bonds. The second-order valence-corrected chi connectivity index (χ2v) is 4.50. The van der Waals surface area contributed by atoms with E-state index in [9.17, 15) is 0 Å². The molecule has 1 aliphatic heterocycles. The van der Waals surface area contributed by atoms with E-state index in [4.69, 9.17) is 4.52 Å². The lowest BCUT2D eigenvalue weighted by Gasteiger charge is -2.29. The maximum atomic E-state index is 5.46. The van der Waals surface area contributed by atoms with Gasteiger partial charge in [0.05, 0.1) is 6.04 Å². The standard InChI is InChI=1S/C13H12N2O/c1-2-5-9-8(4-1)13-12-10(14-9)6-3-7-11(12)16-15-13/h1-2,4-5,10,14H,3,6-7H2. The summed E-state index contributed by atoms with van der Waals surface area (Å²) in [7, 11) is 0. The van der Waals surface area contributed by atoms with E-state index in [1.165, 1.54) is 29.7 Å². The Bertz CT molecular complexity index is 559. The molecule has 2 aromatic rings. The highest BCUT2D eigenvalue weighted by atomic mass is 16.5. The van der Waals surface area contributed by atoms with Crippen LogP contribution in [0.3, 0.4) is 0 Å². The molecular weight excluding hydrogens is 200 g/mol. The molecular formula is C13H12N2O. The summed E-state index contributed by atoms with van der Waals surface area (Å²) in [6, 6.07) is 8.72. The maximum Gasteiger partial charge on any atom is 0.142 e. The van der Waals surface area contributed by atoms with E-state index in [2.05, 4.69) is 28.7 Å². The minimum atomic E-state index is 0.403. The van der Waals surface area contributed by atoms with Gasteiger partial charge < -0.3 is 9.84 Å². The van der Waals surface area contributed by atoms with E-state index < -0.39 is 0 Å². The van der Waals surface area contributed by atoms with Crippen molar-refractivity contribution in [2.45, 2.75) is 25.3 Å². The first-order valence-electron chi connectivity index (χ1n) is 5.78. The SMILES string of the molecule is c1ccc2c(c1)NC1CCCc3onc-2c31. The van der Waals surface area contributed by atoms with E-state index in [1.54, 1.807) is 0 Å². The van der Waals surface area contributed by atoms with Gasteiger partial charge in [-0.25, -0.2) is 0 Å². The maximum absolute atomic E-state index is 5.46. The number of nitrogens with one attached hydrogen (secondary N) is 1. The predicted molar refractivity (Wildman–Crippen MR) is 61.2 cm³/mol. The highest BCUT2D eigenvalue weighted by Crippen LogP contribution is 2.45. The highest BCUT2D eigenvalue weighted by molar-refractivity contribution is 5.81. The van der Waals surface area contributed by atoms with Crippen LogP contribution in [0.2, 0.25) is 0 Å². The second-order valence-electron chi connectivity index (χ2n) is 4.50. The van der Waals surface area contributed by atoms with E-state index in [1.807, 2.05) is 6.07 Å². The molecule has 0 radical (unpaired) electrons. The average Bonchev–Trinajstić information content (AvgIpc) is 2.76. The van der Waals surface area contributed by atoms with E-state index in [0.717, 1.165) is 17.9 Å². The van der Waals surface area contributed by atoms with E-state index >= 15 is 0 Å². The number of para-hydroxylation sites is 1. The largest absolute Gasteiger partial charge is 0.377 e. The van der Waals surface area contributed by atoms with Gasteiger partial charge in [-0.2, -0.15) is 0 Å². The number of aryl methyl sites for hydroxylation is 1. The third-order valence-electron chi connectivity index (χ3n) is 3.56. The van der Waals surface area contributed by atoms with Crippen molar-refractivity contribution in [1.82, 2.24) is 5.16 Å². The second kappa shape index (κ2) is 2.88. The first-order valence-corrected chi connectivity index (χ1v) is 5.78. The molecule has 0 spiro atoms. The summed E-state index contributed by atoms with van der Waals surface area (Å²) in [4.78, 5) is 0. The minimum absolute atomic E-state index is 0.403. The number of anilines is 1. The van der Waals surface area contributed by atoms with Gasteiger partial charge in [0.2, 0.25) is 0 Å². The zero-order valence-corrected chi connectivity index (χ0v) is 8.86. The lowest BCUT2D eigenvalue weighted by molar-refractivity contribution is 0.369. The van der Waals surface area contributed by atoms with Crippen molar-refractivity contribution in [3.05, 3.63) is 35.6 Å². The van der Waals surface area contributed by atoms with Gasteiger partial charge in [-0.05, 0) is 18.9 Å². The molecule has 2 heterocycles. The lowest BCUT2D eigenvalue weighted by atomic mass is 9.86. The molecule has 0 saturated heterocycles. The zero-order chi connectivity index (χ0) is 10.5. The number of fused-ring (bicyclic) bond motifs is 2. The van der Waals surface area contributed by atoms with Crippen LogP contribution in [0.1, 0.15) is 30.2 Å². The van der Waals surface area contributed by atoms with Crippen molar-refractivity contribution < 1.29 is 4.52 Å². The van der Waals surface area contributed by atoms with Crippen molar-refractivity contribution in [3.8, 4) is 11.3 Å². The molecule has 80 valence electrons. The van der Waals surface area contributed by atoms with Gasteiger partial charge in [0.15, 0.2) is 0 Å². The number of hydrogen-bond acceptors (Lipinski definition) is 3. The van der Waals surface area contributed by atoms with Crippen LogP contribution in [0.15, 0.2) is 28.8 Å². The Hall–Kier alpha value is -1.77. The molecule has 1 aromatic carbocycles. The number of rotatable bonds is 0. The van der Waals surface area contributed by atoms with Gasteiger partial charge in [-0.15, -0.1) is 0 Å². The Morgan fingerprint density at radius 1 is 1.31 bits per heavy atom. The molecule has 3 heteroatoms. The summed E-state index contributed by atoms with van der Waals surface area (Å²) < 4.78 is 5.46. The van der Waals surface area contributed by atoms with Crippen LogP contribution < -0.4 is 5.32 Å². The summed E-state index contributed by atoms with van der Waals surface area (Å²) in [5, 5.41) is 7.83. The van der Waals surface area contributed by atoms with E-state index in [0.29, 0.717) is 6.04 Å². The summed E-state index contributed by atoms with van der Waals surface area (Å²) in [5.74, 6) is 1.08. The minimum Gasteiger partial charge on any atom is -0.377 e. The van der Waals surface area contributed by atoms with Gasteiger partial charge in [0.25, 0.3) is 0 Å². The normalized spacial score (nSPS) is 20.9. The van der Waals surface area contributed by atoms with Crippen LogP contribution >= 0.6 is 0 Å². The third kappa shape index (κ3) is 0.953. The van der Waals surface area contributed by atoms with Crippen LogP contribution in [-0.2, 0) is 6.42 Å². The molecule has 1 N–H and O–H groups in total. The number of hydrogen-bond donors (Lipinski definition) is 1. The molecule has 1 aromatic heterocycles. The highest BCUT2D eigenvalue weighted by Gasteiger charge is 2.33. The molecule has 0 saturated carbocycles. The van der Waals surface area contributed by atoms with E-state index in [-0.39, 0.29) is 0 Å². The summed E-state index contributed by atoms with van der Waals surface area (Å²) in [6.45, 7) is 0. The van der Waals surface area contributed by atoms with Gasteiger partial charge in [-0.1, -0.05) is 23.4 Å². The number of aromatic nitrogens is 1. The molecule has 0 fully saturated rings. The summed E-state index contributed by atoms with van der Waals surface area (Å²) in [5.41, 5.74) is 4.70. The molecule has 16 heavy (non-hydrogen) atoms. The van der Waals surface area contributed by atoms with Gasteiger partial charge >= 0.3 is 0 Å². The predicted octanol–water partition coefficient (Wildman–Crippen LogP) is 3.14. The fourth-order valence-electron chi connectivity index (χ4n) is 2.82. The van der Waals surface area contributed by atoms with Crippen LogP contribution in [0.5, 0.6) is 0 Å². The van der Waals surface area contributed by atoms with Crippen molar-refractivity contribution in [2.75, 3.05) is 5.32 Å². The van der Waals surface area contributed by atoms with Crippen molar-refractivity contribution in [2.24, 2.45) is 0 Å². The summed E-state index contributed by atoms with van der Waals surface area (Å²) >= 11 is 0. The Labute approximate surface area is 93.5 Å². The monoisotopic (exact) mass is 212 g/mol. The number of nitrogens with zero attached hydrogens (tertiary/aromatic N) is 1. The third-order valence-corrected chi connectivity index (χ3v) is 3.56. The molecule has 0 bridgehead atoms. The first-order chi connectivity index (χ1) is 7.93. The Balaban J connectivity index is 2.02. The van der Waals surface area contributed by atoms with Crippen LogP contribution in [0.4, 0.5) is 5.69 Å². The summed E-state index contributed by atoms with van der Waals surface area (Å²) in [6.07, 6.45) is 3.39. The molecule has 1 atom stereocenters. The van der Waals surface area contributed by atoms with Crippen molar-refractivity contribution in [1.29, 1.82) is 0 Å². The first kappa shape index (κ1) is 8.39. The van der Waals surface area contributed by atoms with Crippen LogP contribution in [-0.4, -0.2) is 5.16 Å². The van der Waals surface area contributed by atoms with Gasteiger partial charge in [0.1, 0.15) is 11.5 Å². The molecule has 1 aliphatic carbocycles. The van der Waals surface area contributed by atoms with Crippen molar-refractivity contribution in [3.63, 3.8) is 0 Å². The molecule has 2 aliphatic rings. The Morgan fingerprint density at radius 2 is 2.25 bits per heavy atom. The van der Waals surface area contributed by atoms with Crippen LogP contribution in [0, 0.1) is 0 Å². The van der Waals surface area contributed by atoms with Crippen LogP contribution in [0.25, 0.3) is 11.3 Å². The molecule has 3 nitrogen and oxygen atoms in total. The van der Waals surface area contributed by atoms with Gasteiger partial charge in [0, 0.05) is 23.2 Å². The fraction of sp³-hybridized carbons (Fsp3) is 0.308. The topological polar surface area (TPSA) is 38.1 Å². The van der Waals surface area contributed by atoms with Gasteiger partial charge in [-0.3, -0.25) is 0 Å². The average molecular weight is 212 g/mol. The Kier molecular flexibility index (Phi) is 1.51. The van der Waals surface area contributed by atoms with Crippen molar-refractivity contribution >= 4 is 5.69 Å². The Morgan fingerprint density at radius 3 is 3.25 bits per heavy atom. The zero-order valence-electron chi connectivity index (χ0n) is 8.86. The number of benzene rings is 1. The fourth-order valence-corrected chi connectivity index (χ4v) is 2.82. The lowest BCUT2D eigenvalue weighted by Crippen LogP contribution is -2.20. The quantitative estimate of drug-likeness (QED) is 0.729. The molecule has 4 rings (SSSR count). The molecule has 1 unspecified atom stereocenters. The smallest absolute Gasteiger partial charge is 0.142 e.